The lowest BCUT2D eigenvalue weighted by Gasteiger charge is -2.14. The summed E-state index contributed by atoms with van der Waals surface area (Å²) in [7, 11) is 0. The average molecular weight is 432 g/mol. The van der Waals surface area contributed by atoms with Crippen LogP contribution in [0.2, 0.25) is 0 Å². The Morgan fingerprint density at radius 1 is 1.06 bits per heavy atom. The molecule has 0 unspecified atom stereocenters. The SMILES string of the molecule is CCOC(=O)Nc1cc(-c2ccc(OC(F)(F)F)cc2)ncc1OCc1ccccc1. The molecule has 0 aliphatic rings. The van der Waals surface area contributed by atoms with Crippen LogP contribution in [0, 0.1) is 0 Å². The molecule has 1 aromatic heterocycles. The first-order chi connectivity index (χ1) is 14.8. The molecular weight excluding hydrogens is 413 g/mol. The van der Waals surface area contributed by atoms with E-state index in [1.807, 2.05) is 30.3 Å². The molecule has 0 saturated heterocycles. The van der Waals surface area contributed by atoms with Gasteiger partial charge in [0.2, 0.25) is 0 Å². The molecule has 9 heteroatoms. The molecule has 162 valence electrons. The number of carbonyl (C=O) groups excluding carboxylic acids is 1. The van der Waals surface area contributed by atoms with Gasteiger partial charge < -0.3 is 14.2 Å². The van der Waals surface area contributed by atoms with Gasteiger partial charge >= 0.3 is 12.5 Å². The minimum Gasteiger partial charge on any atom is -0.485 e. The maximum atomic E-state index is 12.3. The maximum Gasteiger partial charge on any atom is 0.573 e. The van der Waals surface area contributed by atoms with Crippen LogP contribution in [0.1, 0.15) is 12.5 Å². The molecule has 6 nitrogen and oxygen atoms in total. The largest absolute Gasteiger partial charge is 0.573 e. The number of hydrogen-bond donors (Lipinski definition) is 1. The highest BCUT2D eigenvalue weighted by Gasteiger charge is 2.31. The number of aromatic nitrogens is 1. The fourth-order valence-corrected chi connectivity index (χ4v) is 2.65. The predicted molar refractivity (Wildman–Crippen MR) is 108 cm³/mol. The summed E-state index contributed by atoms with van der Waals surface area (Å²) < 4.78 is 51.6. The second kappa shape index (κ2) is 9.84. The molecule has 0 spiro atoms. The summed E-state index contributed by atoms with van der Waals surface area (Å²) >= 11 is 0. The Labute approximate surface area is 176 Å². The molecule has 0 saturated carbocycles. The number of anilines is 1. The lowest BCUT2D eigenvalue weighted by atomic mass is 10.1. The molecule has 0 aliphatic heterocycles. The van der Waals surface area contributed by atoms with Crippen molar-refractivity contribution in [2.75, 3.05) is 11.9 Å². The van der Waals surface area contributed by atoms with E-state index in [9.17, 15) is 18.0 Å². The van der Waals surface area contributed by atoms with Gasteiger partial charge in [0, 0.05) is 5.56 Å². The first-order valence-electron chi connectivity index (χ1n) is 9.31. The van der Waals surface area contributed by atoms with E-state index in [1.54, 1.807) is 13.0 Å². The highest BCUT2D eigenvalue weighted by molar-refractivity contribution is 5.87. The fraction of sp³-hybridized carbons (Fsp3) is 0.182. The van der Waals surface area contributed by atoms with Crippen LogP contribution in [0.5, 0.6) is 11.5 Å². The van der Waals surface area contributed by atoms with Gasteiger partial charge in [0.05, 0.1) is 24.2 Å². The molecule has 3 aromatic rings. The number of pyridine rings is 1. The van der Waals surface area contributed by atoms with Crippen LogP contribution >= 0.6 is 0 Å². The number of amides is 1. The topological polar surface area (TPSA) is 69.7 Å². The maximum absolute atomic E-state index is 12.3. The number of hydrogen-bond acceptors (Lipinski definition) is 5. The molecule has 0 aliphatic carbocycles. The number of nitrogens with zero attached hydrogens (tertiary/aromatic N) is 1. The van der Waals surface area contributed by atoms with E-state index in [-0.39, 0.29) is 19.0 Å². The Morgan fingerprint density at radius 2 is 1.77 bits per heavy atom. The number of ether oxygens (including phenoxy) is 3. The second-order valence-corrected chi connectivity index (χ2v) is 6.26. The van der Waals surface area contributed by atoms with Gasteiger partial charge in [-0.25, -0.2) is 4.79 Å². The van der Waals surface area contributed by atoms with Crippen molar-refractivity contribution >= 4 is 11.8 Å². The van der Waals surface area contributed by atoms with Crippen molar-refractivity contribution in [3.63, 3.8) is 0 Å². The summed E-state index contributed by atoms with van der Waals surface area (Å²) in [5, 5.41) is 2.60. The first-order valence-corrected chi connectivity index (χ1v) is 9.31. The highest BCUT2D eigenvalue weighted by Crippen LogP contribution is 2.31. The highest BCUT2D eigenvalue weighted by atomic mass is 19.4. The van der Waals surface area contributed by atoms with Crippen molar-refractivity contribution in [2.24, 2.45) is 0 Å². The van der Waals surface area contributed by atoms with Crippen LogP contribution in [-0.4, -0.2) is 24.0 Å². The van der Waals surface area contributed by atoms with Gasteiger partial charge in [-0.3, -0.25) is 10.3 Å². The molecule has 1 N–H and O–H groups in total. The van der Waals surface area contributed by atoms with Crippen LogP contribution in [-0.2, 0) is 11.3 Å². The molecule has 3 rings (SSSR count). The third-order valence-corrected chi connectivity index (χ3v) is 4.00. The smallest absolute Gasteiger partial charge is 0.485 e. The molecule has 0 atom stereocenters. The van der Waals surface area contributed by atoms with E-state index < -0.39 is 12.5 Å². The molecule has 0 fully saturated rings. The van der Waals surface area contributed by atoms with Gasteiger partial charge in [0.25, 0.3) is 0 Å². The monoisotopic (exact) mass is 432 g/mol. The predicted octanol–water partition coefficient (Wildman–Crippen LogP) is 5.79. The minimum atomic E-state index is -4.77. The lowest BCUT2D eigenvalue weighted by molar-refractivity contribution is -0.274. The molecule has 0 radical (unpaired) electrons. The van der Waals surface area contributed by atoms with Crippen molar-refractivity contribution in [3.8, 4) is 22.8 Å². The van der Waals surface area contributed by atoms with Gasteiger partial charge in [0.15, 0.2) is 5.75 Å². The fourth-order valence-electron chi connectivity index (χ4n) is 2.65. The zero-order valence-corrected chi connectivity index (χ0v) is 16.5. The summed E-state index contributed by atoms with van der Waals surface area (Å²) in [6.45, 7) is 2.11. The Bertz CT molecular complexity index is 1010. The number of nitrogens with one attached hydrogen (secondary N) is 1. The van der Waals surface area contributed by atoms with Crippen LogP contribution in [0.4, 0.5) is 23.7 Å². The molecule has 1 heterocycles. The van der Waals surface area contributed by atoms with Gasteiger partial charge in [-0.15, -0.1) is 13.2 Å². The quantitative estimate of drug-likeness (QED) is 0.511. The average Bonchev–Trinajstić information content (AvgIpc) is 2.73. The van der Waals surface area contributed by atoms with E-state index >= 15 is 0 Å². The summed E-state index contributed by atoms with van der Waals surface area (Å²) in [6, 6.07) is 16.2. The summed E-state index contributed by atoms with van der Waals surface area (Å²) in [4.78, 5) is 16.2. The Hall–Kier alpha value is -3.75. The van der Waals surface area contributed by atoms with Crippen LogP contribution in [0.3, 0.4) is 0 Å². The van der Waals surface area contributed by atoms with Crippen molar-refractivity contribution < 1.29 is 32.2 Å². The Morgan fingerprint density at radius 3 is 2.42 bits per heavy atom. The molecule has 1 amide bonds. The van der Waals surface area contributed by atoms with Gasteiger partial charge in [-0.1, -0.05) is 30.3 Å². The summed E-state index contributed by atoms with van der Waals surface area (Å²) in [5.74, 6) is -0.0263. The lowest BCUT2D eigenvalue weighted by Crippen LogP contribution is -2.16. The van der Waals surface area contributed by atoms with E-state index in [4.69, 9.17) is 9.47 Å². The van der Waals surface area contributed by atoms with Crippen LogP contribution in [0.15, 0.2) is 66.9 Å². The number of rotatable bonds is 7. The van der Waals surface area contributed by atoms with Crippen molar-refractivity contribution in [3.05, 3.63) is 72.4 Å². The standard InChI is InChI=1S/C22H19F3N2O4/c1-2-29-21(28)27-19-12-18(16-8-10-17(11-9-16)31-22(23,24)25)26-13-20(19)30-14-15-6-4-3-5-7-15/h3-13H,2,14H2,1H3,(H,26,27,28). The van der Waals surface area contributed by atoms with Crippen LogP contribution < -0.4 is 14.8 Å². The number of benzene rings is 2. The Balaban J connectivity index is 1.83. The van der Waals surface area contributed by atoms with E-state index in [2.05, 4.69) is 15.0 Å². The third-order valence-electron chi connectivity index (χ3n) is 4.00. The van der Waals surface area contributed by atoms with Gasteiger partial charge in [0.1, 0.15) is 12.4 Å². The molecule has 31 heavy (non-hydrogen) atoms. The Kier molecular flexibility index (Phi) is 6.96. The van der Waals surface area contributed by atoms with E-state index in [0.29, 0.717) is 22.7 Å². The van der Waals surface area contributed by atoms with Gasteiger partial charge in [-0.2, -0.15) is 0 Å². The first kappa shape index (κ1) is 21.9. The summed E-state index contributed by atoms with van der Waals surface area (Å²) in [6.07, 6.45) is -4.01. The minimum absolute atomic E-state index is 0.185. The molecular formula is C22H19F3N2O4. The normalized spacial score (nSPS) is 11.0. The summed E-state index contributed by atoms with van der Waals surface area (Å²) in [5.41, 5.74) is 2.18. The second-order valence-electron chi connectivity index (χ2n) is 6.26. The van der Waals surface area contributed by atoms with Crippen LogP contribution in [0.25, 0.3) is 11.3 Å². The zero-order valence-electron chi connectivity index (χ0n) is 16.5. The van der Waals surface area contributed by atoms with Crippen molar-refractivity contribution in [2.45, 2.75) is 19.9 Å². The number of alkyl halides is 3. The van der Waals surface area contributed by atoms with E-state index in [0.717, 1.165) is 5.56 Å². The molecule has 2 aromatic carbocycles. The van der Waals surface area contributed by atoms with Gasteiger partial charge in [-0.05, 0) is 42.8 Å². The zero-order chi connectivity index (χ0) is 22.3. The number of halogens is 3. The van der Waals surface area contributed by atoms with E-state index in [1.165, 1.54) is 30.5 Å². The third kappa shape index (κ3) is 6.63. The molecule has 0 bridgehead atoms. The van der Waals surface area contributed by atoms with Crippen molar-refractivity contribution in [1.82, 2.24) is 4.98 Å². The van der Waals surface area contributed by atoms with Crippen molar-refractivity contribution in [1.29, 1.82) is 0 Å². The number of carbonyl (C=O) groups is 1.